The Morgan fingerprint density at radius 1 is 1.00 bits per heavy atom. The molecule has 1 heterocycles. The average molecular weight is 424 g/mol. The zero-order chi connectivity index (χ0) is 22.6. The molecule has 0 saturated carbocycles. The van der Waals surface area contributed by atoms with Crippen molar-refractivity contribution < 1.29 is 14.5 Å². The van der Waals surface area contributed by atoms with E-state index in [2.05, 4.69) is 64.1 Å². The van der Waals surface area contributed by atoms with Gasteiger partial charge in [-0.1, -0.05) is 36.4 Å². The number of nitrogens with zero attached hydrogens (tertiary/aromatic N) is 1. The van der Waals surface area contributed by atoms with Crippen LogP contribution in [0.2, 0.25) is 0 Å². The first kappa shape index (κ1) is 22.8. The number of nitrogens with one attached hydrogen (secondary N) is 3. The van der Waals surface area contributed by atoms with Crippen molar-refractivity contribution in [2.24, 2.45) is 0 Å². The maximum atomic E-state index is 12.4. The number of rotatable bonds is 5. The van der Waals surface area contributed by atoms with E-state index in [1.165, 1.54) is 16.0 Å². The zero-order valence-corrected chi connectivity index (χ0v) is 19.3. The molecule has 2 aromatic rings. The number of carbonyl (C=O) groups excluding carboxylic acids is 2. The molecule has 3 N–H and O–H groups in total. The summed E-state index contributed by atoms with van der Waals surface area (Å²) in [6, 6.07) is 17.1. The van der Waals surface area contributed by atoms with Gasteiger partial charge in [0.1, 0.15) is 12.6 Å². The van der Waals surface area contributed by atoms with Gasteiger partial charge >= 0.3 is 11.8 Å². The van der Waals surface area contributed by atoms with E-state index in [9.17, 15) is 9.59 Å². The molecule has 0 fully saturated rings. The largest absolute Gasteiger partial charge is 0.378 e. The van der Waals surface area contributed by atoms with Gasteiger partial charge in [-0.3, -0.25) is 9.59 Å². The highest BCUT2D eigenvalue weighted by Crippen LogP contribution is 2.18. The summed E-state index contributed by atoms with van der Waals surface area (Å²) in [5, 5.41) is 5.61. The van der Waals surface area contributed by atoms with Crippen molar-refractivity contribution in [3.8, 4) is 0 Å². The van der Waals surface area contributed by atoms with Crippen molar-refractivity contribution >= 4 is 17.5 Å². The third-order valence-electron chi connectivity index (χ3n) is 5.72. The molecular formula is C25H35N4O2+. The van der Waals surface area contributed by atoms with Gasteiger partial charge in [0.25, 0.3) is 0 Å². The van der Waals surface area contributed by atoms with Gasteiger partial charge in [0.15, 0.2) is 0 Å². The minimum atomic E-state index is -0.590. The van der Waals surface area contributed by atoms with Crippen LogP contribution >= 0.6 is 0 Å². The van der Waals surface area contributed by atoms with Crippen LogP contribution < -0.4 is 20.4 Å². The van der Waals surface area contributed by atoms with Gasteiger partial charge in [-0.25, -0.2) is 0 Å². The van der Waals surface area contributed by atoms with Gasteiger partial charge < -0.3 is 20.4 Å². The van der Waals surface area contributed by atoms with Crippen molar-refractivity contribution in [3.63, 3.8) is 0 Å². The SMILES string of the molecule is CN(C)c1ccc([C@H](CNC(=O)C(=O)NC(C)(C)C)[NH+]2CCc3ccccc3C2)cc1. The van der Waals surface area contributed by atoms with E-state index >= 15 is 0 Å². The molecule has 1 aliphatic heterocycles. The van der Waals surface area contributed by atoms with Gasteiger partial charge in [-0.05, 0) is 38.5 Å². The highest BCUT2D eigenvalue weighted by atomic mass is 16.2. The van der Waals surface area contributed by atoms with E-state index in [4.69, 9.17) is 0 Å². The average Bonchev–Trinajstić information content (AvgIpc) is 2.72. The van der Waals surface area contributed by atoms with Crippen molar-refractivity contribution in [2.45, 2.75) is 45.3 Å². The van der Waals surface area contributed by atoms with Crippen LogP contribution in [-0.4, -0.2) is 44.5 Å². The molecule has 2 atom stereocenters. The molecule has 1 aliphatic rings. The highest BCUT2D eigenvalue weighted by Gasteiger charge is 2.30. The molecule has 0 bridgehead atoms. The summed E-state index contributed by atoms with van der Waals surface area (Å²) < 4.78 is 0. The van der Waals surface area contributed by atoms with E-state index in [-0.39, 0.29) is 6.04 Å². The summed E-state index contributed by atoms with van der Waals surface area (Å²) in [4.78, 5) is 28.1. The Bertz CT molecular complexity index is 916. The van der Waals surface area contributed by atoms with Gasteiger partial charge in [0.2, 0.25) is 0 Å². The summed E-state index contributed by atoms with van der Waals surface area (Å²) in [6.45, 7) is 7.89. The Balaban J connectivity index is 1.78. The van der Waals surface area contributed by atoms with E-state index in [1.807, 2.05) is 34.9 Å². The van der Waals surface area contributed by atoms with E-state index in [1.54, 1.807) is 0 Å². The van der Waals surface area contributed by atoms with Crippen molar-refractivity contribution in [1.29, 1.82) is 0 Å². The van der Waals surface area contributed by atoms with Crippen LogP contribution in [0.3, 0.4) is 0 Å². The van der Waals surface area contributed by atoms with E-state index in [0.717, 1.165) is 30.8 Å². The summed E-state index contributed by atoms with van der Waals surface area (Å²) in [5.41, 5.74) is 4.61. The molecule has 166 valence electrons. The Morgan fingerprint density at radius 3 is 2.26 bits per heavy atom. The first-order valence-electron chi connectivity index (χ1n) is 10.9. The molecule has 0 aromatic heterocycles. The number of benzene rings is 2. The summed E-state index contributed by atoms with van der Waals surface area (Å²) >= 11 is 0. The lowest BCUT2D eigenvalue weighted by Gasteiger charge is -2.33. The minimum absolute atomic E-state index is 0.0657. The van der Waals surface area contributed by atoms with Crippen LogP contribution in [0.1, 0.15) is 43.5 Å². The Kier molecular flexibility index (Phi) is 7.01. The molecule has 31 heavy (non-hydrogen) atoms. The smallest absolute Gasteiger partial charge is 0.309 e. The zero-order valence-electron chi connectivity index (χ0n) is 19.3. The van der Waals surface area contributed by atoms with Crippen LogP contribution in [0.4, 0.5) is 5.69 Å². The first-order chi connectivity index (χ1) is 14.6. The van der Waals surface area contributed by atoms with Crippen LogP contribution in [0.15, 0.2) is 48.5 Å². The maximum Gasteiger partial charge on any atom is 0.309 e. The summed E-state index contributed by atoms with van der Waals surface area (Å²) in [7, 11) is 4.04. The number of fused-ring (bicyclic) bond motifs is 1. The maximum absolute atomic E-state index is 12.4. The third kappa shape index (κ3) is 6.07. The normalized spacial score (nSPS) is 16.7. The molecule has 0 radical (unpaired) electrons. The lowest BCUT2D eigenvalue weighted by molar-refractivity contribution is -0.945. The second kappa shape index (κ2) is 9.52. The van der Waals surface area contributed by atoms with Crippen molar-refractivity contribution in [1.82, 2.24) is 10.6 Å². The monoisotopic (exact) mass is 423 g/mol. The molecule has 0 spiro atoms. The van der Waals surface area contributed by atoms with Crippen LogP contribution in [0.5, 0.6) is 0 Å². The van der Waals surface area contributed by atoms with E-state index in [0.29, 0.717) is 6.54 Å². The summed E-state index contributed by atoms with van der Waals surface area (Å²) in [5.74, 6) is -1.17. The minimum Gasteiger partial charge on any atom is -0.378 e. The Morgan fingerprint density at radius 2 is 1.65 bits per heavy atom. The summed E-state index contributed by atoms with van der Waals surface area (Å²) in [6.07, 6.45) is 1.01. The topological polar surface area (TPSA) is 65.9 Å². The fourth-order valence-electron chi connectivity index (χ4n) is 4.07. The predicted octanol–water partition coefficient (Wildman–Crippen LogP) is 1.47. The second-order valence-corrected chi connectivity index (χ2v) is 9.56. The lowest BCUT2D eigenvalue weighted by Crippen LogP contribution is -3.12. The quantitative estimate of drug-likeness (QED) is 0.638. The highest BCUT2D eigenvalue weighted by molar-refractivity contribution is 6.35. The number of amides is 2. The molecule has 0 saturated heterocycles. The molecule has 6 nitrogen and oxygen atoms in total. The fraction of sp³-hybridized carbons (Fsp3) is 0.440. The van der Waals surface area contributed by atoms with Crippen molar-refractivity contribution in [2.75, 3.05) is 32.1 Å². The molecule has 2 amide bonds. The first-order valence-corrected chi connectivity index (χ1v) is 10.9. The lowest BCUT2D eigenvalue weighted by atomic mass is 9.96. The van der Waals surface area contributed by atoms with Gasteiger partial charge in [0, 0.05) is 42.9 Å². The molecule has 6 heteroatoms. The molecule has 1 unspecified atom stereocenters. The molecule has 3 rings (SSSR count). The van der Waals surface area contributed by atoms with Crippen LogP contribution in [-0.2, 0) is 22.6 Å². The third-order valence-corrected chi connectivity index (χ3v) is 5.72. The van der Waals surface area contributed by atoms with Crippen LogP contribution in [0, 0.1) is 0 Å². The molecule has 2 aromatic carbocycles. The van der Waals surface area contributed by atoms with Crippen LogP contribution in [0.25, 0.3) is 0 Å². The number of hydrogen-bond acceptors (Lipinski definition) is 3. The number of hydrogen-bond donors (Lipinski definition) is 3. The second-order valence-electron chi connectivity index (χ2n) is 9.56. The predicted molar refractivity (Wildman–Crippen MR) is 124 cm³/mol. The Labute approximate surface area is 185 Å². The van der Waals surface area contributed by atoms with Gasteiger partial charge in [0.05, 0.1) is 13.1 Å². The molecule has 0 aliphatic carbocycles. The van der Waals surface area contributed by atoms with Crippen molar-refractivity contribution in [3.05, 3.63) is 65.2 Å². The van der Waals surface area contributed by atoms with E-state index < -0.39 is 17.4 Å². The Hall–Kier alpha value is -2.86. The number of carbonyl (C=O) groups is 2. The fourth-order valence-corrected chi connectivity index (χ4v) is 4.07. The number of anilines is 1. The van der Waals surface area contributed by atoms with Gasteiger partial charge in [-0.15, -0.1) is 0 Å². The number of quaternary nitrogens is 1. The van der Waals surface area contributed by atoms with Gasteiger partial charge in [-0.2, -0.15) is 0 Å². The standard InChI is InChI=1S/C25H34N4O2/c1-25(2,3)27-24(31)23(30)26-16-22(19-10-12-21(13-11-19)28(4)5)29-15-14-18-8-6-7-9-20(18)17-29/h6-13,22H,14-17H2,1-5H3,(H,26,30)(H,27,31)/p+1/t22-/m0/s1. The molecular weight excluding hydrogens is 388 g/mol.